The summed E-state index contributed by atoms with van der Waals surface area (Å²) in [5.74, 6) is 1.32. The largest absolute Gasteiger partial charge is 0.325 e. The maximum atomic E-state index is 12.4. The minimum Gasteiger partial charge on any atom is -0.325 e. The third kappa shape index (κ3) is 3.20. The van der Waals surface area contributed by atoms with Gasteiger partial charge in [-0.05, 0) is 48.9 Å². The molecule has 1 N–H and O–H groups in total. The predicted octanol–water partition coefficient (Wildman–Crippen LogP) is 5.34. The Kier molecular flexibility index (Phi) is 4.07. The van der Waals surface area contributed by atoms with Gasteiger partial charge in [0.2, 0.25) is 5.91 Å². The molecular weight excluding hydrogens is 316 g/mol. The van der Waals surface area contributed by atoms with Crippen molar-refractivity contribution in [3.63, 3.8) is 0 Å². The van der Waals surface area contributed by atoms with Crippen LogP contribution in [0.15, 0.2) is 48.5 Å². The molecule has 24 heavy (non-hydrogen) atoms. The molecule has 3 aromatic rings. The number of aromatic nitrogens is 1. The first-order valence-corrected chi connectivity index (χ1v) is 9.27. The first-order chi connectivity index (χ1) is 11.7. The summed E-state index contributed by atoms with van der Waals surface area (Å²) in [7, 11) is 0. The number of carbonyl (C=O) groups is 1. The predicted molar refractivity (Wildman–Crippen MR) is 100 cm³/mol. The minimum absolute atomic E-state index is 0.1000. The SMILES string of the molecule is CC(CC(=O)Nc1ccccc1-c1nc2ccccc2s1)C1CC1. The number of para-hydroxylation sites is 2. The second-order valence-corrected chi connectivity index (χ2v) is 7.63. The molecule has 3 nitrogen and oxygen atoms in total. The van der Waals surface area contributed by atoms with Crippen LogP contribution in [-0.4, -0.2) is 10.9 Å². The molecule has 2 aromatic carbocycles. The van der Waals surface area contributed by atoms with Crippen LogP contribution in [0.2, 0.25) is 0 Å². The van der Waals surface area contributed by atoms with E-state index in [0.717, 1.165) is 32.4 Å². The van der Waals surface area contributed by atoms with Gasteiger partial charge in [0.1, 0.15) is 5.01 Å². The molecule has 1 aliphatic rings. The number of nitrogens with one attached hydrogen (secondary N) is 1. The van der Waals surface area contributed by atoms with Crippen LogP contribution < -0.4 is 5.32 Å². The van der Waals surface area contributed by atoms with Crippen LogP contribution in [0.3, 0.4) is 0 Å². The molecule has 1 aliphatic carbocycles. The fourth-order valence-corrected chi connectivity index (χ4v) is 4.10. The zero-order chi connectivity index (χ0) is 16.5. The number of hydrogen-bond donors (Lipinski definition) is 1. The monoisotopic (exact) mass is 336 g/mol. The van der Waals surface area contributed by atoms with E-state index in [1.807, 2.05) is 42.5 Å². The molecule has 0 saturated heterocycles. The van der Waals surface area contributed by atoms with E-state index in [9.17, 15) is 4.79 Å². The highest BCUT2D eigenvalue weighted by molar-refractivity contribution is 7.21. The third-order valence-corrected chi connectivity index (χ3v) is 5.73. The molecule has 4 heteroatoms. The molecule has 1 saturated carbocycles. The maximum absolute atomic E-state index is 12.4. The van der Waals surface area contributed by atoms with Crippen molar-refractivity contribution in [3.05, 3.63) is 48.5 Å². The van der Waals surface area contributed by atoms with Gasteiger partial charge in [-0.25, -0.2) is 4.98 Å². The molecule has 0 spiro atoms. The zero-order valence-corrected chi connectivity index (χ0v) is 14.5. The number of nitrogens with zero attached hydrogens (tertiary/aromatic N) is 1. The standard InChI is InChI=1S/C20H20N2OS/c1-13(14-10-11-14)12-19(23)21-16-7-3-2-6-15(16)20-22-17-8-4-5-9-18(17)24-20/h2-9,13-14H,10-12H2,1H3,(H,21,23). The Bertz CT molecular complexity index is 849. The van der Waals surface area contributed by atoms with Gasteiger partial charge >= 0.3 is 0 Å². The molecule has 0 aliphatic heterocycles. The number of hydrogen-bond acceptors (Lipinski definition) is 3. The van der Waals surface area contributed by atoms with E-state index < -0.39 is 0 Å². The Morgan fingerprint density at radius 2 is 1.96 bits per heavy atom. The normalized spacial score (nSPS) is 15.4. The molecule has 1 heterocycles. The lowest BCUT2D eigenvalue weighted by Gasteiger charge is -2.12. The van der Waals surface area contributed by atoms with Crippen LogP contribution in [0, 0.1) is 11.8 Å². The van der Waals surface area contributed by atoms with Gasteiger partial charge in [-0.2, -0.15) is 0 Å². The Morgan fingerprint density at radius 3 is 2.75 bits per heavy atom. The highest BCUT2D eigenvalue weighted by Crippen LogP contribution is 2.39. The molecule has 0 radical (unpaired) electrons. The number of thiazole rings is 1. The third-order valence-electron chi connectivity index (χ3n) is 4.66. The Morgan fingerprint density at radius 1 is 1.21 bits per heavy atom. The number of carbonyl (C=O) groups excluding carboxylic acids is 1. The fraction of sp³-hybridized carbons (Fsp3) is 0.300. The quantitative estimate of drug-likeness (QED) is 0.683. The lowest BCUT2D eigenvalue weighted by molar-refractivity contribution is -0.117. The zero-order valence-electron chi connectivity index (χ0n) is 13.7. The average Bonchev–Trinajstić information content (AvgIpc) is 3.34. The van der Waals surface area contributed by atoms with Gasteiger partial charge in [-0.1, -0.05) is 31.2 Å². The van der Waals surface area contributed by atoms with Crippen LogP contribution in [0.5, 0.6) is 0 Å². The summed E-state index contributed by atoms with van der Waals surface area (Å²) in [5, 5.41) is 4.04. The van der Waals surface area contributed by atoms with Crippen molar-refractivity contribution in [2.45, 2.75) is 26.2 Å². The Labute approximate surface area is 145 Å². The summed E-state index contributed by atoms with van der Waals surface area (Å²) in [5.41, 5.74) is 2.84. The summed E-state index contributed by atoms with van der Waals surface area (Å²) in [6.07, 6.45) is 3.15. The summed E-state index contributed by atoms with van der Waals surface area (Å²) >= 11 is 1.66. The number of anilines is 1. The molecule has 1 fully saturated rings. The fourth-order valence-electron chi connectivity index (χ4n) is 3.09. The maximum Gasteiger partial charge on any atom is 0.224 e. The lowest BCUT2D eigenvalue weighted by atomic mass is 10.0. The smallest absolute Gasteiger partial charge is 0.224 e. The van der Waals surface area contributed by atoms with Crippen molar-refractivity contribution in [2.75, 3.05) is 5.32 Å². The first kappa shape index (κ1) is 15.3. The van der Waals surface area contributed by atoms with Gasteiger partial charge in [0, 0.05) is 12.0 Å². The van der Waals surface area contributed by atoms with E-state index >= 15 is 0 Å². The molecule has 0 bridgehead atoms. The lowest BCUT2D eigenvalue weighted by Crippen LogP contribution is -2.16. The molecule has 4 rings (SSSR count). The van der Waals surface area contributed by atoms with E-state index in [-0.39, 0.29) is 5.91 Å². The summed E-state index contributed by atoms with van der Waals surface area (Å²) in [6.45, 7) is 2.18. The Balaban J connectivity index is 1.59. The van der Waals surface area contributed by atoms with Gasteiger partial charge < -0.3 is 5.32 Å². The number of benzene rings is 2. The van der Waals surface area contributed by atoms with E-state index in [2.05, 4.69) is 18.3 Å². The van der Waals surface area contributed by atoms with Crippen LogP contribution in [0.4, 0.5) is 5.69 Å². The van der Waals surface area contributed by atoms with Gasteiger partial charge in [0.25, 0.3) is 0 Å². The highest BCUT2D eigenvalue weighted by Gasteiger charge is 2.29. The highest BCUT2D eigenvalue weighted by atomic mass is 32.1. The van der Waals surface area contributed by atoms with E-state index in [4.69, 9.17) is 4.98 Å². The number of amides is 1. The molecule has 1 unspecified atom stereocenters. The van der Waals surface area contributed by atoms with Crippen molar-refractivity contribution in [1.82, 2.24) is 4.98 Å². The van der Waals surface area contributed by atoms with Crippen molar-refractivity contribution in [3.8, 4) is 10.6 Å². The van der Waals surface area contributed by atoms with Crippen molar-refractivity contribution >= 4 is 33.1 Å². The molecule has 1 atom stereocenters. The van der Waals surface area contributed by atoms with Crippen LogP contribution in [0.1, 0.15) is 26.2 Å². The number of fused-ring (bicyclic) bond motifs is 1. The average molecular weight is 336 g/mol. The number of rotatable bonds is 5. The topological polar surface area (TPSA) is 42.0 Å². The molecular formula is C20H20N2OS. The Hall–Kier alpha value is -2.20. The van der Waals surface area contributed by atoms with Crippen molar-refractivity contribution < 1.29 is 4.79 Å². The van der Waals surface area contributed by atoms with Crippen LogP contribution in [0.25, 0.3) is 20.8 Å². The van der Waals surface area contributed by atoms with Gasteiger partial charge in [0.05, 0.1) is 15.9 Å². The molecule has 122 valence electrons. The first-order valence-electron chi connectivity index (χ1n) is 8.45. The summed E-state index contributed by atoms with van der Waals surface area (Å²) in [6, 6.07) is 16.1. The van der Waals surface area contributed by atoms with Crippen LogP contribution in [-0.2, 0) is 4.79 Å². The molecule has 1 aromatic heterocycles. The van der Waals surface area contributed by atoms with Crippen LogP contribution >= 0.6 is 11.3 Å². The second-order valence-electron chi connectivity index (χ2n) is 6.60. The van der Waals surface area contributed by atoms with Gasteiger partial charge in [0.15, 0.2) is 0 Å². The van der Waals surface area contributed by atoms with Crippen molar-refractivity contribution in [2.24, 2.45) is 11.8 Å². The summed E-state index contributed by atoms with van der Waals surface area (Å²) in [4.78, 5) is 17.1. The van der Waals surface area contributed by atoms with Gasteiger partial charge in [-0.3, -0.25) is 4.79 Å². The summed E-state index contributed by atoms with van der Waals surface area (Å²) < 4.78 is 1.16. The van der Waals surface area contributed by atoms with E-state index in [1.54, 1.807) is 11.3 Å². The second kappa shape index (κ2) is 6.36. The van der Waals surface area contributed by atoms with E-state index in [0.29, 0.717) is 12.3 Å². The van der Waals surface area contributed by atoms with Gasteiger partial charge in [-0.15, -0.1) is 11.3 Å². The van der Waals surface area contributed by atoms with Crippen molar-refractivity contribution in [1.29, 1.82) is 0 Å². The van der Waals surface area contributed by atoms with E-state index in [1.165, 1.54) is 12.8 Å². The minimum atomic E-state index is 0.1000. The molecule has 1 amide bonds.